The number of nitrogens with one attached hydrogen (secondary N) is 1. The van der Waals surface area contributed by atoms with Crippen LogP contribution in [0.2, 0.25) is 15.1 Å². The van der Waals surface area contributed by atoms with Gasteiger partial charge in [0.2, 0.25) is 11.8 Å². The van der Waals surface area contributed by atoms with Crippen LogP contribution in [-0.2, 0) is 26.2 Å². The van der Waals surface area contributed by atoms with Crippen LogP contribution in [0, 0.1) is 6.92 Å². The van der Waals surface area contributed by atoms with E-state index in [0.717, 1.165) is 9.87 Å². The second kappa shape index (κ2) is 13.5. The van der Waals surface area contributed by atoms with Crippen molar-refractivity contribution in [2.75, 3.05) is 17.4 Å². The maximum atomic E-state index is 13.9. The minimum atomic E-state index is -4.18. The molecule has 208 valence electrons. The highest BCUT2D eigenvalue weighted by Crippen LogP contribution is 2.28. The summed E-state index contributed by atoms with van der Waals surface area (Å²) in [6, 6.07) is 16.5. The molecule has 7 nitrogen and oxygen atoms in total. The third-order valence-electron chi connectivity index (χ3n) is 6.06. The van der Waals surface area contributed by atoms with Crippen LogP contribution in [0.25, 0.3) is 0 Å². The largest absolute Gasteiger partial charge is 0.354 e. The molecule has 0 saturated carbocycles. The number of carbonyl (C=O) groups is 2. The van der Waals surface area contributed by atoms with Gasteiger partial charge in [0, 0.05) is 28.2 Å². The van der Waals surface area contributed by atoms with E-state index >= 15 is 0 Å². The Kier molecular flexibility index (Phi) is 10.7. The minimum absolute atomic E-state index is 0.0157. The molecule has 0 radical (unpaired) electrons. The Hall–Kier alpha value is -2.78. The Morgan fingerprint density at radius 3 is 2.23 bits per heavy atom. The molecule has 0 aliphatic rings. The fourth-order valence-electron chi connectivity index (χ4n) is 3.81. The summed E-state index contributed by atoms with van der Waals surface area (Å²) in [5.41, 5.74) is 1.65. The Morgan fingerprint density at radius 1 is 0.949 bits per heavy atom. The van der Waals surface area contributed by atoms with Crippen molar-refractivity contribution in [3.63, 3.8) is 0 Å². The van der Waals surface area contributed by atoms with Gasteiger partial charge in [-0.15, -0.1) is 0 Å². The van der Waals surface area contributed by atoms with E-state index in [4.69, 9.17) is 34.8 Å². The molecule has 0 bridgehead atoms. The second-order valence-electron chi connectivity index (χ2n) is 9.03. The number of aryl methyl sites for hydroxylation is 1. The summed E-state index contributed by atoms with van der Waals surface area (Å²) in [6.45, 7) is 5.17. The Bertz CT molecular complexity index is 1430. The molecule has 0 spiro atoms. The summed E-state index contributed by atoms with van der Waals surface area (Å²) < 4.78 is 28.6. The van der Waals surface area contributed by atoms with Crippen molar-refractivity contribution in [2.24, 2.45) is 0 Å². The molecule has 0 aliphatic carbocycles. The van der Waals surface area contributed by atoms with Crippen LogP contribution in [0.3, 0.4) is 0 Å². The number of carbonyl (C=O) groups excluding carboxylic acids is 2. The molecule has 0 aromatic heterocycles. The number of hydrogen-bond donors (Lipinski definition) is 1. The Balaban J connectivity index is 2.04. The average Bonchev–Trinajstić information content (AvgIpc) is 2.89. The molecule has 11 heteroatoms. The summed E-state index contributed by atoms with van der Waals surface area (Å²) in [5.74, 6) is -0.971. The van der Waals surface area contributed by atoms with Crippen molar-refractivity contribution in [1.82, 2.24) is 10.2 Å². The van der Waals surface area contributed by atoms with Crippen LogP contribution >= 0.6 is 34.8 Å². The normalized spacial score (nSPS) is 12.1. The van der Waals surface area contributed by atoms with Gasteiger partial charge in [-0.2, -0.15) is 0 Å². The fourth-order valence-corrected chi connectivity index (χ4v) is 5.87. The lowest BCUT2D eigenvalue weighted by Crippen LogP contribution is -2.51. The van der Waals surface area contributed by atoms with Gasteiger partial charge in [0.25, 0.3) is 10.0 Å². The summed E-state index contributed by atoms with van der Waals surface area (Å²) in [7, 11) is -4.18. The van der Waals surface area contributed by atoms with Gasteiger partial charge in [-0.3, -0.25) is 13.9 Å². The minimum Gasteiger partial charge on any atom is -0.354 e. The van der Waals surface area contributed by atoms with Gasteiger partial charge in [0.05, 0.1) is 10.6 Å². The third kappa shape index (κ3) is 7.88. The topological polar surface area (TPSA) is 86.8 Å². The molecule has 0 heterocycles. The van der Waals surface area contributed by atoms with Crippen molar-refractivity contribution in [3.05, 3.63) is 92.9 Å². The summed E-state index contributed by atoms with van der Waals surface area (Å²) in [4.78, 5) is 28.1. The predicted octanol–water partition coefficient (Wildman–Crippen LogP) is 6.09. The molecule has 2 amide bonds. The van der Waals surface area contributed by atoms with Crippen LogP contribution in [0.15, 0.2) is 71.6 Å². The lowest BCUT2D eigenvalue weighted by molar-refractivity contribution is -0.139. The Morgan fingerprint density at radius 2 is 1.62 bits per heavy atom. The second-order valence-corrected chi connectivity index (χ2v) is 12.2. The molecule has 3 aromatic carbocycles. The van der Waals surface area contributed by atoms with Crippen molar-refractivity contribution in [3.8, 4) is 0 Å². The number of nitrogens with zero attached hydrogens (tertiary/aromatic N) is 2. The number of anilines is 1. The first-order valence-electron chi connectivity index (χ1n) is 12.3. The van der Waals surface area contributed by atoms with Gasteiger partial charge in [-0.1, -0.05) is 71.6 Å². The SMILES string of the molecule is CCCNC(=O)[C@H](C)N(Cc1ccc(Cl)cc1Cl)C(=O)CN(c1cccc(Cl)c1)S(=O)(=O)c1ccc(C)cc1. The van der Waals surface area contributed by atoms with E-state index < -0.39 is 28.5 Å². The highest BCUT2D eigenvalue weighted by molar-refractivity contribution is 7.92. The third-order valence-corrected chi connectivity index (χ3v) is 8.67. The van der Waals surface area contributed by atoms with E-state index in [1.54, 1.807) is 55.5 Å². The smallest absolute Gasteiger partial charge is 0.264 e. The monoisotopic (exact) mass is 609 g/mol. The van der Waals surface area contributed by atoms with E-state index in [0.29, 0.717) is 33.6 Å². The van der Waals surface area contributed by atoms with E-state index in [1.807, 2.05) is 13.8 Å². The van der Waals surface area contributed by atoms with Gasteiger partial charge in [-0.25, -0.2) is 8.42 Å². The van der Waals surface area contributed by atoms with E-state index in [-0.39, 0.29) is 23.0 Å². The molecule has 0 unspecified atom stereocenters. The maximum absolute atomic E-state index is 13.9. The van der Waals surface area contributed by atoms with Crippen LogP contribution in [0.1, 0.15) is 31.4 Å². The maximum Gasteiger partial charge on any atom is 0.264 e. The van der Waals surface area contributed by atoms with Crippen LogP contribution in [0.4, 0.5) is 5.69 Å². The first-order valence-corrected chi connectivity index (χ1v) is 14.9. The van der Waals surface area contributed by atoms with Gasteiger partial charge in [0.1, 0.15) is 12.6 Å². The molecule has 1 N–H and O–H groups in total. The fraction of sp³-hybridized carbons (Fsp3) is 0.286. The first kappa shape index (κ1) is 30.8. The van der Waals surface area contributed by atoms with Gasteiger partial charge in [-0.05, 0) is 68.3 Å². The van der Waals surface area contributed by atoms with E-state index in [2.05, 4.69) is 5.32 Å². The van der Waals surface area contributed by atoms with E-state index in [9.17, 15) is 18.0 Å². The molecular weight excluding hydrogens is 581 g/mol. The van der Waals surface area contributed by atoms with Gasteiger partial charge in [0.15, 0.2) is 0 Å². The highest BCUT2D eigenvalue weighted by Gasteiger charge is 2.32. The van der Waals surface area contributed by atoms with Crippen molar-refractivity contribution in [2.45, 2.75) is 44.7 Å². The summed E-state index contributed by atoms with van der Waals surface area (Å²) in [6.07, 6.45) is 0.715. The molecule has 1 atom stereocenters. The summed E-state index contributed by atoms with van der Waals surface area (Å²) >= 11 is 18.6. The molecule has 3 aromatic rings. The van der Waals surface area contributed by atoms with Crippen LogP contribution in [0.5, 0.6) is 0 Å². The predicted molar refractivity (Wildman–Crippen MR) is 157 cm³/mol. The molecular formula is C28H30Cl3N3O4S. The first-order chi connectivity index (χ1) is 18.4. The van der Waals surface area contributed by atoms with Crippen molar-refractivity contribution < 1.29 is 18.0 Å². The molecule has 39 heavy (non-hydrogen) atoms. The van der Waals surface area contributed by atoms with Crippen LogP contribution < -0.4 is 9.62 Å². The molecule has 0 fully saturated rings. The Labute approximate surface area is 244 Å². The van der Waals surface area contributed by atoms with Crippen molar-refractivity contribution in [1.29, 1.82) is 0 Å². The molecule has 3 rings (SSSR count). The van der Waals surface area contributed by atoms with Gasteiger partial charge < -0.3 is 10.2 Å². The molecule has 0 aliphatic heterocycles. The summed E-state index contributed by atoms with van der Waals surface area (Å²) in [5, 5.41) is 3.84. The zero-order chi connectivity index (χ0) is 28.7. The number of halogens is 3. The number of hydrogen-bond acceptors (Lipinski definition) is 4. The van der Waals surface area contributed by atoms with Gasteiger partial charge >= 0.3 is 0 Å². The number of rotatable bonds is 11. The quantitative estimate of drug-likeness (QED) is 0.285. The number of benzene rings is 3. The highest BCUT2D eigenvalue weighted by atomic mass is 35.5. The zero-order valence-electron chi connectivity index (χ0n) is 21.8. The molecule has 0 saturated heterocycles. The average molecular weight is 611 g/mol. The lowest BCUT2D eigenvalue weighted by Gasteiger charge is -2.32. The number of amides is 2. The van der Waals surface area contributed by atoms with Crippen molar-refractivity contribution >= 4 is 62.3 Å². The van der Waals surface area contributed by atoms with Crippen LogP contribution in [-0.4, -0.2) is 44.3 Å². The standard InChI is InChI=1S/C28H30Cl3N3O4S/c1-4-14-32-28(36)20(3)33(17-21-10-11-23(30)16-26(21)31)27(35)18-34(24-7-5-6-22(29)15-24)39(37,38)25-12-8-19(2)9-13-25/h5-13,15-16,20H,4,14,17-18H2,1-3H3,(H,32,36)/t20-/m0/s1. The zero-order valence-corrected chi connectivity index (χ0v) is 24.9. The van der Waals surface area contributed by atoms with E-state index in [1.165, 1.54) is 23.1 Å². The number of sulfonamides is 1. The lowest BCUT2D eigenvalue weighted by atomic mass is 10.1.